The lowest BCUT2D eigenvalue weighted by Gasteiger charge is -1.91. The molecule has 0 aromatic rings. The van der Waals surface area contributed by atoms with Crippen molar-refractivity contribution in [3.05, 3.63) is 23.8 Å². The lowest BCUT2D eigenvalue weighted by Crippen LogP contribution is -1.91. The van der Waals surface area contributed by atoms with Gasteiger partial charge in [0.25, 0.3) is 5.24 Å². The average Bonchev–Trinajstić information content (AvgIpc) is 1.96. The third kappa shape index (κ3) is 5.10. The molecule has 66 valence electrons. The molecule has 0 rings (SSSR count). The van der Waals surface area contributed by atoms with Gasteiger partial charge in [0.15, 0.2) is 0 Å². The van der Waals surface area contributed by atoms with Crippen LogP contribution in [0.15, 0.2) is 23.8 Å². The number of halogens is 2. The molecule has 0 spiro atoms. The highest BCUT2D eigenvalue weighted by Crippen LogP contribution is 2.05. The van der Waals surface area contributed by atoms with E-state index in [-0.39, 0.29) is 12.0 Å². The predicted octanol–water partition coefficient (Wildman–Crippen LogP) is 2.41. The van der Waals surface area contributed by atoms with Crippen molar-refractivity contribution < 1.29 is 9.59 Å². The molecular weight excluding hydrogens is 199 g/mol. The molecule has 4 heteroatoms. The van der Waals surface area contributed by atoms with Crippen molar-refractivity contribution in [2.24, 2.45) is 0 Å². The summed E-state index contributed by atoms with van der Waals surface area (Å²) in [6.45, 7) is 1.75. The second-order valence-corrected chi connectivity index (χ2v) is 2.76. The van der Waals surface area contributed by atoms with Crippen molar-refractivity contribution in [1.29, 1.82) is 0 Å². The fraction of sp³-hybridized carbons (Fsp3) is 0.250. The van der Waals surface area contributed by atoms with Gasteiger partial charge in [0.2, 0.25) is 5.24 Å². The van der Waals surface area contributed by atoms with Crippen LogP contribution in [0.4, 0.5) is 0 Å². The van der Waals surface area contributed by atoms with Crippen LogP contribution < -0.4 is 0 Å². The van der Waals surface area contributed by atoms with E-state index in [1.807, 2.05) is 0 Å². The summed E-state index contributed by atoms with van der Waals surface area (Å²) in [5.41, 5.74) is 0.285. The van der Waals surface area contributed by atoms with E-state index in [9.17, 15) is 9.59 Å². The lowest BCUT2D eigenvalue weighted by atomic mass is 10.2. The zero-order valence-corrected chi connectivity index (χ0v) is 8.02. The maximum absolute atomic E-state index is 10.6. The quantitative estimate of drug-likeness (QED) is 0.403. The highest BCUT2D eigenvalue weighted by Gasteiger charge is 2.01. The number of allylic oxidation sites excluding steroid dienone is 4. The van der Waals surface area contributed by atoms with E-state index >= 15 is 0 Å². The molecule has 0 heterocycles. The van der Waals surface area contributed by atoms with Crippen LogP contribution in [0.3, 0.4) is 0 Å². The highest BCUT2D eigenvalue weighted by atomic mass is 35.5. The summed E-state index contributed by atoms with van der Waals surface area (Å²) < 4.78 is 0. The zero-order valence-electron chi connectivity index (χ0n) is 6.51. The van der Waals surface area contributed by atoms with Gasteiger partial charge >= 0.3 is 0 Å². The molecule has 0 aromatic carbocycles. The van der Waals surface area contributed by atoms with Gasteiger partial charge in [-0.05, 0) is 30.1 Å². The molecule has 0 atom stereocenters. The van der Waals surface area contributed by atoms with Crippen LogP contribution in [0.2, 0.25) is 0 Å². The highest BCUT2D eigenvalue weighted by molar-refractivity contribution is 6.68. The minimum absolute atomic E-state index is 0.0136. The fourth-order valence-corrected chi connectivity index (χ4v) is 0.801. The van der Waals surface area contributed by atoms with Gasteiger partial charge in [-0.15, -0.1) is 0 Å². The van der Waals surface area contributed by atoms with Gasteiger partial charge in [-0.2, -0.15) is 0 Å². The number of carbonyl (C=O) groups is 2. The first-order valence-corrected chi connectivity index (χ1v) is 4.04. The second kappa shape index (κ2) is 5.98. The fourth-order valence-electron chi connectivity index (χ4n) is 0.584. The maximum Gasteiger partial charge on any atom is 0.252 e. The van der Waals surface area contributed by atoms with Gasteiger partial charge in [-0.1, -0.05) is 18.2 Å². The van der Waals surface area contributed by atoms with Crippen molar-refractivity contribution in [2.45, 2.75) is 13.3 Å². The smallest absolute Gasteiger partial charge is 0.252 e. The summed E-state index contributed by atoms with van der Waals surface area (Å²) in [6.07, 6.45) is 4.59. The average molecular weight is 207 g/mol. The molecular formula is C8H8Cl2O2. The van der Waals surface area contributed by atoms with Crippen molar-refractivity contribution >= 4 is 33.7 Å². The zero-order chi connectivity index (χ0) is 9.56. The first-order chi connectivity index (χ1) is 5.57. The lowest BCUT2D eigenvalue weighted by molar-refractivity contribution is -0.110. The minimum atomic E-state index is -0.592. The molecule has 2 nitrogen and oxygen atoms in total. The van der Waals surface area contributed by atoms with Crippen LogP contribution in [0, 0.1) is 0 Å². The topological polar surface area (TPSA) is 34.1 Å². The standard InChI is InChI=1S/C8H8Cl2O2/c1-2-3-6(8(10)12)4-5-7(9)11/h2-4H,5H2,1H3/b3-2-,6-4+. The monoisotopic (exact) mass is 206 g/mol. The van der Waals surface area contributed by atoms with Crippen LogP contribution in [0.25, 0.3) is 0 Å². The van der Waals surface area contributed by atoms with E-state index in [1.54, 1.807) is 13.0 Å². The number of rotatable bonds is 4. The Morgan fingerprint density at radius 2 is 1.92 bits per heavy atom. The molecule has 0 bridgehead atoms. The Hall–Kier alpha value is -0.600. The third-order valence-corrected chi connectivity index (χ3v) is 1.43. The van der Waals surface area contributed by atoms with Crippen LogP contribution >= 0.6 is 23.2 Å². The summed E-state index contributed by atoms with van der Waals surface area (Å²) in [7, 11) is 0. The van der Waals surface area contributed by atoms with Gasteiger partial charge in [0.1, 0.15) is 0 Å². The number of carbonyl (C=O) groups excluding carboxylic acids is 2. The number of hydrogen-bond acceptors (Lipinski definition) is 2. The number of hydrogen-bond donors (Lipinski definition) is 0. The molecule has 0 aliphatic rings. The molecule has 0 saturated carbocycles. The Balaban J connectivity index is 4.39. The molecule has 0 unspecified atom stereocenters. The molecule has 0 saturated heterocycles. The van der Waals surface area contributed by atoms with Crippen LogP contribution in [0.5, 0.6) is 0 Å². The van der Waals surface area contributed by atoms with Gasteiger partial charge in [-0.25, -0.2) is 0 Å². The van der Waals surface area contributed by atoms with E-state index < -0.39 is 10.5 Å². The van der Waals surface area contributed by atoms with Gasteiger partial charge in [0.05, 0.1) is 0 Å². The second-order valence-electron chi connectivity index (χ2n) is 1.99. The largest absolute Gasteiger partial charge is 0.281 e. The van der Waals surface area contributed by atoms with E-state index in [0.717, 1.165) is 0 Å². The first kappa shape index (κ1) is 11.4. The van der Waals surface area contributed by atoms with E-state index in [4.69, 9.17) is 23.2 Å². The first-order valence-electron chi connectivity index (χ1n) is 3.29. The van der Waals surface area contributed by atoms with Gasteiger partial charge in [-0.3, -0.25) is 9.59 Å². The maximum atomic E-state index is 10.6. The molecule has 12 heavy (non-hydrogen) atoms. The van der Waals surface area contributed by atoms with E-state index in [0.29, 0.717) is 0 Å². The Kier molecular flexibility index (Phi) is 5.68. The Bertz CT molecular complexity index is 241. The van der Waals surface area contributed by atoms with E-state index in [2.05, 4.69) is 0 Å². The minimum Gasteiger partial charge on any atom is -0.281 e. The van der Waals surface area contributed by atoms with Crippen molar-refractivity contribution in [3.8, 4) is 0 Å². The van der Waals surface area contributed by atoms with Crippen molar-refractivity contribution in [3.63, 3.8) is 0 Å². The predicted molar refractivity (Wildman–Crippen MR) is 49.2 cm³/mol. The summed E-state index contributed by atoms with van der Waals surface area (Å²) in [5, 5.41) is -1.11. The van der Waals surface area contributed by atoms with Crippen molar-refractivity contribution in [1.82, 2.24) is 0 Å². The molecule has 0 aliphatic carbocycles. The molecule has 0 aliphatic heterocycles. The summed E-state index contributed by atoms with van der Waals surface area (Å²) >= 11 is 10.3. The van der Waals surface area contributed by atoms with Crippen LogP contribution in [0.1, 0.15) is 13.3 Å². The van der Waals surface area contributed by atoms with Crippen LogP contribution in [-0.4, -0.2) is 10.5 Å². The molecule has 0 amide bonds. The summed E-state index contributed by atoms with van der Waals surface area (Å²) in [6, 6.07) is 0. The summed E-state index contributed by atoms with van der Waals surface area (Å²) in [5.74, 6) is 0. The normalized spacial score (nSPS) is 12.1. The molecule has 0 radical (unpaired) electrons. The van der Waals surface area contributed by atoms with Crippen molar-refractivity contribution in [2.75, 3.05) is 0 Å². The SMILES string of the molecule is C/C=C\C(=C/CC(=O)Cl)C(=O)Cl. The van der Waals surface area contributed by atoms with Crippen LogP contribution in [-0.2, 0) is 9.59 Å². The Labute approximate surface area is 80.8 Å². The summed E-state index contributed by atoms with van der Waals surface area (Å²) in [4.78, 5) is 21.0. The molecule has 0 fully saturated rings. The third-order valence-electron chi connectivity index (χ3n) is 1.06. The molecule has 0 N–H and O–H groups in total. The Morgan fingerprint density at radius 1 is 1.33 bits per heavy atom. The van der Waals surface area contributed by atoms with Gasteiger partial charge < -0.3 is 0 Å². The van der Waals surface area contributed by atoms with Gasteiger partial charge in [0, 0.05) is 12.0 Å². The Morgan fingerprint density at radius 3 is 2.25 bits per heavy atom. The molecule has 0 aromatic heterocycles. The van der Waals surface area contributed by atoms with E-state index in [1.165, 1.54) is 12.2 Å².